The van der Waals surface area contributed by atoms with Crippen LogP contribution in [0.2, 0.25) is 0 Å². The van der Waals surface area contributed by atoms with Gasteiger partial charge in [0.05, 0.1) is 0 Å². The smallest absolute Gasteiger partial charge is 0.243 e. The van der Waals surface area contributed by atoms with Crippen LogP contribution >= 0.6 is 0 Å². The highest BCUT2D eigenvalue weighted by atomic mass is 16.2. The van der Waals surface area contributed by atoms with Crippen molar-refractivity contribution in [1.29, 1.82) is 0 Å². The van der Waals surface area contributed by atoms with Gasteiger partial charge < -0.3 is 31.2 Å². The first-order valence-corrected chi connectivity index (χ1v) is 15.3. The van der Waals surface area contributed by atoms with Crippen molar-refractivity contribution in [1.82, 2.24) is 31.2 Å². The zero-order valence-corrected chi connectivity index (χ0v) is 25.1. The van der Waals surface area contributed by atoms with E-state index in [-0.39, 0.29) is 37.8 Å². The maximum atomic E-state index is 13.7. The van der Waals surface area contributed by atoms with Gasteiger partial charge in [0, 0.05) is 48.9 Å². The van der Waals surface area contributed by atoms with Gasteiger partial charge in [-0.15, -0.1) is 0 Å². The Balaban J connectivity index is 1.44. The molecule has 2 fully saturated rings. The number of aromatic nitrogens is 1. The number of carbonyl (C=O) groups is 5. The zero-order valence-electron chi connectivity index (χ0n) is 25.1. The monoisotopic (exact) mass is 600 g/mol. The van der Waals surface area contributed by atoms with E-state index in [4.69, 9.17) is 0 Å². The minimum atomic E-state index is -1.02. The number of hydrogen-bond acceptors (Lipinski definition) is 5. The van der Waals surface area contributed by atoms with E-state index >= 15 is 0 Å². The first-order valence-electron chi connectivity index (χ1n) is 15.3. The molecule has 1 aromatic heterocycles. The van der Waals surface area contributed by atoms with Crippen molar-refractivity contribution < 1.29 is 24.0 Å². The summed E-state index contributed by atoms with van der Waals surface area (Å²) in [6.07, 6.45) is 4.67. The van der Waals surface area contributed by atoms with E-state index in [2.05, 4.69) is 26.3 Å². The summed E-state index contributed by atoms with van der Waals surface area (Å²) in [5, 5.41) is 12.1. The second-order valence-electron chi connectivity index (χ2n) is 11.7. The number of carbonyl (C=O) groups excluding carboxylic acids is 5. The second kappa shape index (κ2) is 13.7. The van der Waals surface area contributed by atoms with E-state index in [1.54, 1.807) is 13.1 Å². The molecule has 1 aliphatic heterocycles. The molecular formula is C33H40N6O5. The average Bonchev–Trinajstić information content (AvgIpc) is 3.39. The fourth-order valence-corrected chi connectivity index (χ4v) is 5.71. The molecule has 232 valence electrons. The summed E-state index contributed by atoms with van der Waals surface area (Å²) in [6, 6.07) is 13.2. The maximum absolute atomic E-state index is 13.7. The minimum Gasteiger partial charge on any atom is -0.361 e. The van der Waals surface area contributed by atoms with Crippen LogP contribution in [0, 0.1) is 5.92 Å². The van der Waals surface area contributed by atoms with Crippen molar-refractivity contribution in [3.8, 4) is 0 Å². The van der Waals surface area contributed by atoms with Gasteiger partial charge >= 0.3 is 0 Å². The molecule has 1 aliphatic carbocycles. The molecule has 5 rings (SSSR count). The largest absolute Gasteiger partial charge is 0.361 e. The molecule has 3 aromatic rings. The molecule has 2 heterocycles. The van der Waals surface area contributed by atoms with Gasteiger partial charge in [-0.1, -0.05) is 55.0 Å². The number of para-hydroxylation sites is 1. The van der Waals surface area contributed by atoms with Crippen LogP contribution in [-0.4, -0.2) is 76.7 Å². The lowest BCUT2D eigenvalue weighted by Gasteiger charge is -2.35. The average molecular weight is 601 g/mol. The third-order valence-electron chi connectivity index (χ3n) is 8.64. The lowest BCUT2D eigenvalue weighted by molar-refractivity contribution is -0.145. The van der Waals surface area contributed by atoms with Gasteiger partial charge in [-0.25, -0.2) is 0 Å². The summed E-state index contributed by atoms with van der Waals surface area (Å²) in [5.74, 6) is -2.29. The highest BCUT2D eigenvalue weighted by molar-refractivity contribution is 5.96. The summed E-state index contributed by atoms with van der Waals surface area (Å²) in [7, 11) is 0. The fraction of sp³-hybridized carbons (Fsp3) is 0.424. The summed E-state index contributed by atoms with van der Waals surface area (Å²) in [6.45, 7) is 3.38. The first kappa shape index (κ1) is 30.8. The predicted octanol–water partition coefficient (Wildman–Crippen LogP) is 1.57. The normalized spacial score (nSPS) is 24.3. The Hall–Kier alpha value is -4.67. The summed E-state index contributed by atoms with van der Waals surface area (Å²) < 4.78 is 0. The van der Waals surface area contributed by atoms with Crippen molar-refractivity contribution in [2.75, 3.05) is 13.1 Å². The van der Waals surface area contributed by atoms with Crippen LogP contribution in [0.3, 0.4) is 0 Å². The van der Waals surface area contributed by atoms with Crippen LogP contribution in [0.25, 0.3) is 10.9 Å². The van der Waals surface area contributed by atoms with Crippen LogP contribution in [0.4, 0.5) is 0 Å². The van der Waals surface area contributed by atoms with Gasteiger partial charge in [0.25, 0.3) is 0 Å². The van der Waals surface area contributed by atoms with Crippen molar-refractivity contribution >= 4 is 40.4 Å². The van der Waals surface area contributed by atoms with Gasteiger partial charge in [-0.2, -0.15) is 0 Å². The Morgan fingerprint density at radius 1 is 0.795 bits per heavy atom. The third-order valence-corrected chi connectivity index (χ3v) is 8.64. The van der Waals surface area contributed by atoms with Gasteiger partial charge in [0.2, 0.25) is 29.5 Å². The van der Waals surface area contributed by atoms with Gasteiger partial charge in [0.15, 0.2) is 0 Å². The predicted molar refractivity (Wildman–Crippen MR) is 165 cm³/mol. The Morgan fingerprint density at radius 2 is 1.48 bits per heavy atom. The SMILES string of the molecule is C[C@@H]1NC(=O)[C@@H](Cc2c[nH]c3ccccc23)NC(=O)[C@@H](C)N(C(=O)C2CCC2)CCNC(=O)[C@H](Cc2ccccc2)NC1=O. The second-order valence-corrected chi connectivity index (χ2v) is 11.7. The molecule has 1 saturated carbocycles. The number of benzene rings is 2. The Morgan fingerprint density at radius 3 is 2.20 bits per heavy atom. The first-order chi connectivity index (χ1) is 21.2. The molecule has 2 aromatic carbocycles. The molecule has 2 aliphatic rings. The van der Waals surface area contributed by atoms with Crippen molar-refractivity contribution in [3.63, 3.8) is 0 Å². The maximum Gasteiger partial charge on any atom is 0.243 e. The van der Waals surface area contributed by atoms with Gasteiger partial charge in [0.1, 0.15) is 24.2 Å². The van der Waals surface area contributed by atoms with Crippen molar-refractivity contribution in [2.24, 2.45) is 5.92 Å². The fourth-order valence-electron chi connectivity index (χ4n) is 5.71. The summed E-state index contributed by atoms with van der Waals surface area (Å²) in [5.41, 5.74) is 2.57. The van der Waals surface area contributed by atoms with Gasteiger partial charge in [-0.3, -0.25) is 24.0 Å². The number of nitrogens with one attached hydrogen (secondary N) is 5. The van der Waals surface area contributed by atoms with E-state index in [9.17, 15) is 24.0 Å². The van der Waals surface area contributed by atoms with Crippen LogP contribution < -0.4 is 21.3 Å². The highest BCUT2D eigenvalue weighted by Gasteiger charge is 2.36. The highest BCUT2D eigenvalue weighted by Crippen LogP contribution is 2.29. The van der Waals surface area contributed by atoms with Crippen LogP contribution in [0.15, 0.2) is 60.8 Å². The minimum absolute atomic E-state index is 0.0988. The zero-order chi connectivity index (χ0) is 31.2. The molecule has 0 unspecified atom stereocenters. The molecule has 5 N–H and O–H groups in total. The Labute approximate surface area is 256 Å². The quantitative estimate of drug-likeness (QED) is 0.301. The van der Waals surface area contributed by atoms with E-state index in [0.717, 1.165) is 41.3 Å². The number of fused-ring (bicyclic) bond motifs is 1. The number of amides is 5. The molecule has 0 radical (unpaired) electrons. The molecule has 1 saturated heterocycles. The summed E-state index contributed by atoms with van der Waals surface area (Å²) in [4.78, 5) is 72.0. The van der Waals surface area contributed by atoms with Crippen molar-refractivity contribution in [2.45, 2.75) is 70.1 Å². The number of rotatable bonds is 5. The number of H-pyrrole nitrogens is 1. The van der Waals surface area contributed by atoms with Crippen LogP contribution in [-0.2, 0) is 36.8 Å². The molecule has 44 heavy (non-hydrogen) atoms. The number of nitrogens with zero attached hydrogens (tertiary/aromatic N) is 1. The molecular weight excluding hydrogens is 560 g/mol. The number of hydrogen-bond donors (Lipinski definition) is 5. The Bertz CT molecular complexity index is 1520. The standard InChI is InChI=1S/C33H40N6O5/c1-20-29(40)37-27(17-22-9-4-3-5-10-22)31(42)34-15-16-39(33(44)23-11-8-12-23)21(2)30(41)38-28(32(43)36-20)18-24-19-35-26-14-7-6-13-25(24)26/h3-7,9-10,13-14,19-21,23,27-28,35H,8,11-12,15-18H2,1-2H3,(H,34,42)(H,36,43)(H,37,40)(H,38,41)/t20-,21+,27-,28+/m0/s1. The summed E-state index contributed by atoms with van der Waals surface area (Å²) >= 11 is 0. The lowest BCUT2D eigenvalue weighted by atomic mass is 9.84. The molecule has 11 heteroatoms. The van der Waals surface area contributed by atoms with Crippen LogP contribution in [0.1, 0.15) is 44.2 Å². The third kappa shape index (κ3) is 7.10. The molecule has 5 amide bonds. The van der Waals surface area contributed by atoms with Crippen LogP contribution in [0.5, 0.6) is 0 Å². The van der Waals surface area contributed by atoms with E-state index in [1.165, 1.54) is 11.8 Å². The topological polar surface area (TPSA) is 152 Å². The van der Waals surface area contributed by atoms with Gasteiger partial charge in [-0.05, 0) is 43.9 Å². The molecule has 0 spiro atoms. The van der Waals surface area contributed by atoms with E-state index in [0.29, 0.717) is 0 Å². The van der Waals surface area contributed by atoms with E-state index in [1.807, 2.05) is 54.6 Å². The molecule has 11 nitrogen and oxygen atoms in total. The Kier molecular flexibility index (Phi) is 9.62. The molecule has 4 atom stereocenters. The lowest BCUT2D eigenvalue weighted by Crippen LogP contribution is -2.58. The van der Waals surface area contributed by atoms with E-state index < -0.39 is 47.8 Å². The van der Waals surface area contributed by atoms with Crippen molar-refractivity contribution in [3.05, 3.63) is 71.9 Å². The number of aromatic amines is 1. The molecule has 0 bridgehead atoms.